The zero-order chi connectivity index (χ0) is 17.4. The summed E-state index contributed by atoms with van der Waals surface area (Å²) < 4.78 is 1.83. The summed E-state index contributed by atoms with van der Waals surface area (Å²) in [6.45, 7) is 3.67. The van der Waals surface area contributed by atoms with Gasteiger partial charge in [0, 0.05) is 16.4 Å². The second kappa shape index (κ2) is 6.05. The Morgan fingerprint density at radius 3 is 2.67 bits per heavy atom. The number of carbonyl (C=O) groups excluding carboxylic acids is 2. The molecule has 0 spiro atoms. The van der Waals surface area contributed by atoms with E-state index < -0.39 is 11.7 Å². The number of aromatic nitrogens is 3. The third kappa shape index (κ3) is 2.45. The molecule has 0 unspecified atom stereocenters. The molecule has 24 heavy (non-hydrogen) atoms. The minimum absolute atomic E-state index is 0.262. The Bertz CT molecular complexity index is 978. The lowest BCUT2D eigenvalue weighted by Gasteiger charge is -2.10. The van der Waals surface area contributed by atoms with Gasteiger partial charge < -0.3 is 5.73 Å². The van der Waals surface area contributed by atoms with Gasteiger partial charge >= 0.3 is 0 Å². The average molecular weight is 343 g/mol. The predicted octanol–water partition coefficient (Wildman–Crippen LogP) is 2.61. The van der Waals surface area contributed by atoms with Crippen molar-refractivity contribution in [2.45, 2.75) is 20.3 Å². The van der Waals surface area contributed by atoms with Crippen molar-refractivity contribution >= 4 is 34.3 Å². The van der Waals surface area contributed by atoms with E-state index in [0.717, 1.165) is 5.69 Å². The van der Waals surface area contributed by atoms with E-state index in [1.54, 1.807) is 19.1 Å². The number of benzene rings is 1. The number of ketones is 1. The van der Waals surface area contributed by atoms with Crippen LogP contribution in [0.15, 0.2) is 30.6 Å². The van der Waals surface area contributed by atoms with Gasteiger partial charge in [0.1, 0.15) is 12.0 Å². The topological polar surface area (TPSA) is 90.9 Å². The fourth-order valence-corrected chi connectivity index (χ4v) is 3.09. The molecule has 3 rings (SSSR count). The molecule has 2 heterocycles. The van der Waals surface area contributed by atoms with Crippen LogP contribution in [0.25, 0.3) is 16.7 Å². The molecule has 0 aliphatic rings. The van der Waals surface area contributed by atoms with E-state index >= 15 is 0 Å². The van der Waals surface area contributed by atoms with Gasteiger partial charge in [0.25, 0.3) is 11.7 Å². The number of nitrogens with two attached hydrogens (primary N) is 1. The number of hydrogen-bond acceptors (Lipinski definition) is 4. The molecule has 0 atom stereocenters. The van der Waals surface area contributed by atoms with Crippen molar-refractivity contribution in [3.63, 3.8) is 0 Å². The number of rotatable bonds is 4. The van der Waals surface area contributed by atoms with Gasteiger partial charge in [-0.2, -0.15) is 0 Å². The van der Waals surface area contributed by atoms with Crippen LogP contribution in [-0.2, 0) is 11.2 Å². The van der Waals surface area contributed by atoms with E-state index in [9.17, 15) is 9.59 Å². The van der Waals surface area contributed by atoms with Crippen LogP contribution < -0.4 is 5.73 Å². The monoisotopic (exact) mass is 342 g/mol. The first-order valence-electron chi connectivity index (χ1n) is 7.40. The predicted molar refractivity (Wildman–Crippen MR) is 91.5 cm³/mol. The molecule has 0 bridgehead atoms. The Labute approximate surface area is 143 Å². The number of fused-ring (bicyclic) bond motifs is 1. The first kappa shape index (κ1) is 16.1. The van der Waals surface area contributed by atoms with Gasteiger partial charge in [0.05, 0.1) is 16.6 Å². The van der Waals surface area contributed by atoms with E-state index in [-0.39, 0.29) is 5.56 Å². The Morgan fingerprint density at radius 2 is 2.04 bits per heavy atom. The largest absolute Gasteiger partial charge is 0.363 e. The molecule has 2 N–H and O–H groups in total. The Balaban J connectivity index is 2.48. The number of aryl methyl sites for hydroxylation is 1. The molecule has 2 aromatic heterocycles. The van der Waals surface area contributed by atoms with E-state index in [1.165, 1.54) is 6.33 Å². The number of hydrogen-bond donors (Lipinski definition) is 1. The lowest BCUT2D eigenvalue weighted by molar-refractivity contribution is -0.114. The summed E-state index contributed by atoms with van der Waals surface area (Å²) >= 11 is 6.11. The van der Waals surface area contributed by atoms with Gasteiger partial charge in [-0.05, 0) is 31.5 Å². The van der Waals surface area contributed by atoms with Crippen molar-refractivity contribution in [2.75, 3.05) is 0 Å². The van der Waals surface area contributed by atoms with Crippen molar-refractivity contribution in [2.24, 2.45) is 5.73 Å². The first-order valence-corrected chi connectivity index (χ1v) is 7.78. The fraction of sp³-hybridized carbons (Fsp3) is 0.176. The fourth-order valence-electron chi connectivity index (χ4n) is 2.90. The minimum atomic E-state index is -1.00. The molecule has 0 radical (unpaired) electrons. The average Bonchev–Trinajstić information content (AvgIpc) is 2.89. The molecule has 0 saturated carbocycles. The lowest BCUT2D eigenvalue weighted by Crippen LogP contribution is -2.24. The molecule has 0 aliphatic carbocycles. The van der Waals surface area contributed by atoms with Crippen LogP contribution in [0.3, 0.4) is 0 Å². The Morgan fingerprint density at radius 1 is 1.29 bits per heavy atom. The second-order valence-electron chi connectivity index (χ2n) is 5.34. The highest BCUT2D eigenvalue weighted by atomic mass is 35.5. The Kier molecular flexibility index (Phi) is 4.07. The zero-order valence-corrected chi connectivity index (χ0v) is 14.0. The summed E-state index contributed by atoms with van der Waals surface area (Å²) in [6.07, 6.45) is 1.94. The quantitative estimate of drug-likeness (QED) is 0.582. The SMILES string of the molecule is CCc1c(C(=O)C(N)=O)c2c(C)ncnc2n1-c1cccc(Cl)c1. The number of amides is 1. The highest BCUT2D eigenvalue weighted by molar-refractivity contribution is 6.45. The smallest absolute Gasteiger partial charge is 0.289 e. The summed E-state index contributed by atoms with van der Waals surface area (Å²) in [7, 11) is 0. The normalized spacial score (nSPS) is 11.0. The van der Waals surface area contributed by atoms with Crippen LogP contribution in [0, 0.1) is 6.92 Å². The zero-order valence-electron chi connectivity index (χ0n) is 13.2. The standard InChI is InChI=1S/C17H15ClN4O2/c1-3-12-14(15(23)16(19)24)13-9(2)20-8-21-17(13)22(12)11-6-4-5-10(18)7-11/h4-8H,3H2,1-2H3,(H2,19,24). The highest BCUT2D eigenvalue weighted by Crippen LogP contribution is 2.31. The van der Waals surface area contributed by atoms with Crippen molar-refractivity contribution < 1.29 is 9.59 Å². The molecule has 1 amide bonds. The van der Waals surface area contributed by atoms with Gasteiger partial charge in [-0.1, -0.05) is 24.6 Å². The summed E-state index contributed by atoms with van der Waals surface area (Å²) in [5.41, 5.74) is 8.07. The molecule has 0 aliphatic heterocycles. The van der Waals surface area contributed by atoms with Gasteiger partial charge in [-0.15, -0.1) is 0 Å². The van der Waals surface area contributed by atoms with Crippen molar-refractivity contribution in [1.29, 1.82) is 0 Å². The summed E-state index contributed by atoms with van der Waals surface area (Å²) in [5, 5.41) is 1.10. The van der Waals surface area contributed by atoms with Gasteiger partial charge in [-0.25, -0.2) is 9.97 Å². The summed E-state index contributed by atoms with van der Waals surface area (Å²) in [4.78, 5) is 32.4. The van der Waals surface area contributed by atoms with E-state index in [0.29, 0.717) is 33.9 Å². The van der Waals surface area contributed by atoms with Crippen molar-refractivity contribution in [3.05, 3.63) is 52.6 Å². The van der Waals surface area contributed by atoms with Crippen molar-refractivity contribution in [1.82, 2.24) is 14.5 Å². The second-order valence-corrected chi connectivity index (χ2v) is 5.78. The van der Waals surface area contributed by atoms with Crippen LogP contribution in [0.2, 0.25) is 5.02 Å². The van der Waals surface area contributed by atoms with Crippen LogP contribution >= 0.6 is 11.6 Å². The van der Waals surface area contributed by atoms with E-state index in [2.05, 4.69) is 9.97 Å². The molecule has 122 valence electrons. The first-order chi connectivity index (χ1) is 11.5. The van der Waals surface area contributed by atoms with E-state index in [4.69, 9.17) is 17.3 Å². The van der Waals surface area contributed by atoms with Crippen LogP contribution in [0.4, 0.5) is 0 Å². The molecule has 0 saturated heterocycles. The number of halogens is 1. The maximum Gasteiger partial charge on any atom is 0.289 e. The number of Topliss-reactive ketones (excluding diaryl/α,β-unsaturated/α-hetero) is 1. The van der Waals surface area contributed by atoms with Crippen molar-refractivity contribution in [3.8, 4) is 5.69 Å². The van der Waals surface area contributed by atoms with Crippen LogP contribution in [0.5, 0.6) is 0 Å². The van der Waals surface area contributed by atoms with Crippen LogP contribution in [-0.4, -0.2) is 26.2 Å². The highest BCUT2D eigenvalue weighted by Gasteiger charge is 2.27. The molecule has 7 heteroatoms. The molecule has 1 aromatic carbocycles. The summed E-state index contributed by atoms with van der Waals surface area (Å²) in [6, 6.07) is 7.21. The third-order valence-corrected chi connectivity index (χ3v) is 4.12. The van der Waals surface area contributed by atoms with Gasteiger partial charge in [0.2, 0.25) is 0 Å². The molecule has 0 fully saturated rings. The van der Waals surface area contributed by atoms with Gasteiger partial charge in [0.15, 0.2) is 0 Å². The number of carbonyl (C=O) groups is 2. The van der Waals surface area contributed by atoms with Crippen LogP contribution in [0.1, 0.15) is 28.7 Å². The molecular formula is C17H15ClN4O2. The number of nitrogens with zero attached hydrogens (tertiary/aromatic N) is 3. The third-order valence-electron chi connectivity index (χ3n) is 3.89. The van der Waals surface area contributed by atoms with Gasteiger partial charge in [-0.3, -0.25) is 14.2 Å². The molecular weight excluding hydrogens is 328 g/mol. The number of primary amides is 1. The molecule has 6 nitrogen and oxygen atoms in total. The lowest BCUT2D eigenvalue weighted by atomic mass is 10.0. The Hall–Kier alpha value is -2.73. The maximum absolute atomic E-state index is 12.4. The van der Waals surface area contributed by atoms with E-state index in [1.807, 2.05) is 23.6 Å². The minimum Gasteiger partial charge on any atom is -0.363 e. The molecule has 3 aromatic rings. The maximum atomic E-state index is 12.4. The summed E-state index contributed by atoms with van der Waals surface area (Å²) in [5.74, 6) is -1.74.